The van der Waals surface area contributed by atoms with Gasteiger partial charge in [-0.15, -0.1) is 0 Å². The van der Waals surface area contributed by atoms with E-state index in [4.69, 9.17) is 4.74 Å². The number of benzene rings is 1. The summed E-state index contributed by atoms with van der Waals surface area (Å²) in [5, 5.41) is 7.26. The Morgan fingerprint density at radius 3 is 2.46 bits per heavy atom. The standard InChI is InChI=1S/C20H28N2O2/c1-18(2,3)17(23)24-15-20(16-8-5-4-6-9-16)12-11-19(14-22-20)10-7-13-21-19/h4-6,8-9,11-12,21-22H,7,10,13-15H2,1-3H3/t19-,20-/m1/s1. The summed E-state index contributed by atoms with van der Waals surface area (Å²) < 4.78 is 5.68. The van der Waals surface area contributed by atoms with Crippen molar-refractivity contribution in [3.8, 4) is 0 Å². The van der Waals surface area contributed by atoms with Crippen molar-refractivity contribution >= 4 is 5.97 Å². The van der Waals surface area contributed by atoms with Gasteiger partial charge < -0.3 is 10.1 Å². The lowest BCUT2D eigenvalue weighted by molar-refractivity contribution is -0.154. The van der Waals surface area contributed by atoms with Crippen molar-refractivity contribution in [3.63, 3.8) is 0 Å². The average Bonchev–Trinajstić information content (AvgIpc) is 3.03. The van der Waals surface area contributed by atoms with Crippen LogP contribution in [0, 0.1) is 5.41 Å². The fourth-order valence-corrected chi connectivity index (χ4v) is 3.37. The third kappa shape index (κ3) is 3.40. The average molecular weight is 328 g/mol. The summed E-state index contributed by atoms with van der Waals surface area (Å²) in [5.74, 6) is -0.174. The Kier molecular flexibility index (Phi) is 4.54. The second-order valence-corrected chi connectivity index (χ2v) is 8.04. The normalized spacial score (nSPS) is 29.8. The Morgan fingerprint density at radius 2 is 1.92 bits per heavy atom. The Labute approximate surface area is 144 Å². The molecule has 0 bridgehead atoms. The fourth-order valence-electron chi connectivity index (χ4n) is 3.37. The fraction of sp³-hybridized carbons (Fsp3) is 0.550. The molecule has 2 N–H and O–H groups in total. The zero-order chi connectivity index (χ0) is 17.3. The van der Waals surface area contributed by atoms with Crippen LogP contribution < -0.4 is 10.6 Å². The van der Waals surface area contributed by atoms with E-state index in [-0.39, 0.29) is 11.5 Å². The molecule has 1 spiro atoms. The van der Waals surface area contributed by atoms with Gasteiger partial charge in [0.05, 0.1) is 11.0 Å². The highest BCUT2D eigenvalue weighted by Crippen LogP contribution is 2.33. The summed E-state index contributed by atoms with van der Waals surface area (Å²) in [4.78, 5) is 12.2. The maximum absolute atomic E-state index is 12.2. The molecule has 2 atom stereocenters. The second kappa shape index (κ2) is 6.34. The van der Waals surface area contributed by atoms with E-state index in [1.54, 1.807) is 0 Å². The van der Waals surface area contributed by atoms with Crippen LogP contribution in [0.4, 0.5) is 0 Å². The van der Waals surface area contributed by atoms with Crippen molar-refractivity contribution in [1.82, 2.24) is 10.6 Å². The first kappa shape index (κ1) is 17.2. The highest BCUT2D eigenvalue weighted by molar-refractivity contribution is 5.75. The summed E-state index contributed by atoms with van der Waals surface area (Å²) >= 11 is 0. The predicted molar refractivity (Wildman–Crippen MR) is 95.6 cm³/mol. The molecule has 2 aliphatic heterocycles. The molecule has 3 rings (SSSR count). The number of hydrogen-bond donors (Lipinski definition) is 2. The number of hydrogen-bond acceptors (Lipinski definition) is 4. The van der Waals surface area contributed by atoms with E-state index in [2.05, 4.69) is 34.9 Å². The van der Waals surface area contributed by atoms with Crippen LogP contribution in [0.5, 0.6) is 0 Å². The molecule has 0 aliphatic carbocycles. The molecule has 24 heavy (non-hydrogen) atoms. The summed E-state index contributed by atoms with van der Waals surface area (Å²) in [6.07, 6.45) is 6.79. The van der Waals surface area contributed by atoms with Gasteiger partial charge in [-0.3, -0.25) is 10.1 Å². The molecule has 2 heterocycles. The Hall–Kier alpha value is -1.65. The minimum atomic E-state index is -0.496. The summed E-state index contributed by atoms with van der Waals surface area (Å²) in [6, 6.07) is 10.2. The van der Waals surface area contributed by atoms with E-state index in [0.29, 0.717) is 6.61 Å². The zero-order valence-corrected chi connectivity index (χ0v) is 14.9. The second-order valence-electron chi connectivity index (χ2n) is 8.04. The molecule has 1 fully saturated rings. The van der Waals surface area contributed by atoms with Gasteiger partial charge in [0.1, 0.15) is 6.61 Å². The first-order valence-corrected chi connectivity index (χ1v) is 8.79. The van der Waals surface area contributed by atoms with Crippen LogP contribution in [0.25, 0.3) is 0 Å². The van der Waals surface area contributed by atoms with Gasteiger partial charge >= 0.3 is 5.97 Å². The lowest BCUT2D eigenvalue weighted by Crippen LogP contribution is -2.58. The summed E-state index contributed by atoms with van der Waals surface area (Å²) in [6.45, 7) is 7.85. The van der Waals surface area contributed by atoms with E-state index < -0.39 is 11.0 Å². The largest absolute Gasteiger partial charge is 0.463 e. The Bertz CT molecular complexity index is 612. The topological polar surface area (TPSA) is 50.4 Å². The van der Waals surface area contributed by atoms with Crippen LogP contribution >= 0.6 is 0 Å². The Balaban J connectivity index is 1.85. The van der Waals surface area contributed by atoms with Crippen LogP contribution in [0.3, 0.4) is 0 Å². The number of nitrogens with one attached hydrogen (secondary N) is 2. The Morgan fingerprint density at radius 1 is 1.17 bits per heavy atom. The summed E-state index contributed by atoms with van der Waals surface area (Å²) in [7, 11) is 0. The molecule has 0 saturated carbocycles. The number of carbonyl (C=O) groups is 1. The van der Waals surface area contributed by atoms with Gasteiger partial charge in [-0.1, -0.05) is 42.5 Å². The van der Waals surface area contributed by atoms with Crippen molar-refractivity contribution in [3.05, 3.63) is 48.0 Å². The third-order valence-corrected chi connectivity index (χ3v) is 5.02. The number of esters is 1. The molecular formula is C20H28N2O2. The van der Waals surface area contributed by atoms with E-state index in [1.165, 1.54) is 6.42 Å². The van der Waals surface area contributed by atoms with E-state index in [9.17, 15) is 4.79 Å². The van der Waals surface area contributed by atoms with Crippen molar-refractivity contribution < 1.29 is 9.53 Å². The molecular weight excluding hydrogens is 300 g/mol. The molecule has 1 saturated heterocycles. The maximum Gasteiger partial charge on any atom is 0.311 e. The van der Waals surface area contributed by atoms with Crippen molar-refractivity contribution in [2.75, 3.05) is 19.7 Å². The lowest BCUT2D eigenvalue weighted by atomic mass is 9.82. The van der Waals surface area contributed by atoms with Crippen LogP contribution in [-0.4, -0.2) is 31.2 Å². The van der Waals surface area contributed by atoms with Gasteiger partial charge in [-0.05, 0) is 45.7 Å². The SMILES string of the molecule is CC(C)(C)C(=O)OC[C@@]1(c2ccccc2)C=C[C@]2(CCCN2)CN1. The van der Waals surface area contributed by atoms with Crippen molar-refractivity contribution in [2.24, 2.45) is 5.41 Å². The zero-order valence-electron chi connectivity index (χ0n) is 14.9. The van der Waals surface area contributed by atoms with E-state index in [1.807, 2.05) is 39.0 Å². The molecule has 1 aromatic carbocycles. The van der Waals surface area contributed by atoms with Gasteiger partial charge in [0, 0.05) is 12.1 Å². The monoisotopic (exact) mass is 328 g/mol. The first-order valence-electron chi connectivity index (χ1n) is 8.79. The van der Waals surface area contributed by atoms with Gasteiger partial charge in [0.25, 0.3) is 0 Å². The number of carbonyl (C=O) groups excluding carboxylic acids is 1. The van der Waals surface area contributed by atoms with Crippen molar-refractivity contribution in [1.29, 1.82) is 0 Å². The minimum Gasteiger partial charge on any atom is -0.463 e. The molecule has 2 aliphatic rings. The van der Waals surface area contributed by atoms with Gasteiger partial charge in [-0.2, -0.15) is 0 Å². The first-order chi connectivity index (χ1) is 11.4. The minimum absolute atomic E-state index is 0.0479. The van der Waals surface area contributed by atoms with Gasteiger partial charge in [0.15, 0.2) is 0 Å². The molecule has 0 aromatic heterocycles. The van der Waals surface area contributed by atoms with Crippen LogP contribution in [0.2, 0.25) is 0 Å². The number of rotatable bonds is 3. The quantitative estimate of drug-likeness (QED) is 0.662. The molecule has 0 unspecified atom stereocenters. The molecule has 0 radical (unpaired) electrons. The summed E-state index contributed by atoms with van der Waals surface area (Å²) in [5.41, 5.74) is 0.213. The van der Waals surface area contributed by atoms with Crippen LogP contribution in [0.15, 0.2) is 42.5 Å². The third-order valence-electron chi connectivity index (χ3n) is 5.02. The van der Waals surface area contributed by atoms with Crippen LogP contribution in [0.1, 0.15) is 39.2 Å². The van der Waals surface area contributed by atoms with E-state index >= 15 is 0 Å². The van der Waals surface area contributed by atoms with Gasteiger partial charge in [-0.25, -0.2) is 0 Å². The maximum atomic E-state index is 12.2. The number of ether oxygens (including phenoxy) is 1. The highest BCUT2D eigenvalue weighted by atomic mass is 16.5. The molecule has 130 valence electrons. The smallest absolute Gasteiger partial charge is 0.311 e. The molecule has 4 heteroatoms. The predicted octanol–water partition coefficient (Wildman–Crippen LogP) is 2.75. The molecule has 1 aromatic rings. The molecule has 4 nitrogen and oxygen atoms in total. The van der Waals surface area contributed by atoms with E-state index in [0.717, 1.165) is 25.1 Å². The van der Waals surface area contributed by atoms with Crippen LogP contribution in [-0.2, 0) is 15.1 Å². The van der Waals surface area contributed by atoms with Gasteiger partial charge in [0.2, 0.25) is 0 Å². The lowest BCUT2D eigenvalue weighted by Gasteiger charge is -2.41. The molecule has 0 amide bonds. The van der Waals surface area contributed by atoms with Crippen molar-refractivity contribution in [2.45, 2.75) is 44.7 Å². The highest BCUT2D eigenvalue weighted by Gasteiger charge is 2.41.